The van der Waals surface area contributed by atoms with Gasteiger partial charge in [-0.1, -0.05) is 41.9 Å². The van der Waals surface area contributed by atoms with Gasteiger partial charge in [-0.25, -0.2) is 0 Å². The summed E-state index contributed by atoms with van der Waals surface area (Å²) in [6.07, 6.45) is 1.54. The minimum atomic E-state index is -0.303. The fourth-order valence-electron chi connectivity index (χ4n) is 2.99. The molecule has 1 N–H and O–H groups in total. The van der Waals surface area contributed by atoms with Crippen LogP contribution in [-0.4, -0.2) is 30.3 Å². The number of carbonyl (C=O) groups excluding carboxylic acids is 1. The summed E-state index contributed by atoms with van der Waals surface area (Å²) in [5.74, 6) is -0.303. The second-order valence-corrected chi connectivity index (χ2v) is 7.29. The number of benzene rings is 2. The van der Waals surface area contributed by atoms with E-state index < -0.39 is 0 Å². The lowest BCUT2D eigenvalue weighted by Crippen LogP contribution is -2.22. The summed E-state index contributed by atoms with van der Waals surface area (Å²) in [6.45, 7) is 4.38. The first-order valence-corrected chi connectivity index (χ1v) is 10.4. The standard InChI is InChI=1S/C24H25ClN2O4/c1-2-30-12-13-31-17-18-6-5-8-21(14-18)26-24(29)20-10-11-23(28)27(16-20)15-19-7-3-4-9-22(19)25/h3-11,14,16H,2,12-13,15,17H2,1H3,(H,26,29). The zero-order valence-electron chi connectivity index (χ0n) is 17.3. The molecular formula is C24H25ClN2O4. The van der Waals surface area contributed by atoms with Gasteiger partial charge in [0.1, 0.15) is 0 Å². The van der Waals surface area contributed by atoms with Crippen molar-refractivity contribution in [1.82, 2.24) is 4.57 Å². The SMILES string of the molecule is CCOCCOCc1cccc(NC(=O)c2ccc(=O)n(Cc3ccccc3Cl)c2)c1. The molecular weight excluding hydrogens is 416 g/mol. The Morgan fingerprint density at radius 1 is 1.03 bits per heavy atom. The topological polar surface area (TPSA) is 69.6 Å². The van der Waals surface area contributed by atoms with Crippen molar-refractivity contribution in [3.05, 3.63) is 98.9 Å². The Morgan fingerprint density at radius 2 is 1.84 bits per heavy atom. The summed E-state index contributed by atoms with van der Waals surface area (Å²) in [6, 6.07) is 17.7. The maximum Gasteiger partial charge on any atom is 0.257 e. The number of hydrogen-bond donors (Lipinski definition) is 1. The average Bonchev–Trinajstić information content (AvgIpc) is 2.77. The van der Waals surface area contributed by atoms with Gasteiger partial charge in [-0.3, -0.25) is 9.59 Å². The van der Waals surface area contributed by atoms with Crippen LogP contribution in [0.15, 0.2) is 71.7 Å². The Morgan fingerprint density at radius 3 is 2.65 bits per heavy atom. The van der Waals surface area contributed by atoms with Crippen LogP contribution in [0.3, 0.4) is 0 Å². The van der Waals surface area contributed by atoms with Gasteiger partial charge >= 0.3 is 0 Å². The van der Waals surface area contributed by atoms with Crippen molar-refractivity contribution < 1.29 is 14.3 Å². The quantitative estimate of drug-likeness (QED) is 0.476. The fraction of sp³-hybridized carbons (Fsp3) is 0.250. The normalized spacial score (nSPS) is 10.8. The highest BCUT2D eigenvalue weighted by atomic mass is 35.5. The first-order chi connectivity index (χ1) is 15.1. The second-order valence-electron chi connectivity index (χ2n) is 6.88. The number of carbonyl (C=O) groups is 1. The van der Waals surface area contributed by atoms with Crippen LogP contribution in [0.1, 0.15) is 28.4 Å². The Bertz CT molecular complexity index is 1080. The molecule has 0 aliphatic rings. The number of nitrogens with zero attached hydrogens (tertiary/aromatic N) is 1. The lowest BCUT2D eigenvalue weighted by Gasteiger charge is -2.11. The third-order valence-electron chi connectivity index (χ3n) is 4.57. The van der Waals surface area contributed by atoms with Gasteiger partial charge in [-0.05, 0) is 42.3 Å². The fourth-order valence-corrected chi connectivity index (χ4v) is 3.19. The van der Waals surface area contributed by atoms with Gasteiger partial charge in [0.2, 0.25) is 0 Å². The molecule has 2 aromatic carbocycles. The van der Waals surface area contributed by atoms with E-state index in [1.165, 1.54) is 16.7 Å². The molecule has 6 nitrogen and oxygen atoms in total. The number of amides is 1. The molecule has 0 radical (unpaired) electrons. The maximum atomic E-state index is 12.7. The minimum Gasteiger partial charge on any atom is -0.379 e. The van der Waals surface area contributed by atoms with Crippen LogP contribution in [0.2, 0.25) is 5.02 Å². The summed E-state index contributed by atoms with van der Waals surface area (Å²) < 4.78 is 12.3. The molecule has 1 aromatic heterocycles. The first-order valence-electron chi connectivity index (χ1n) is 10.1. The Labute approximate surface area is 186 Å². The van der Waals surface area contributed by atoms with E-state index in [9.17, 15) is 9.59 Å². The molecule has 3 rings (SSSR count). The molecule has 0 aliphatic carbocycles. The average molecular weight is 441 g/mol. The van der Waals surface area contributed by atoms with Crippen LogP contribution < -0.4 is 10.9 Å². The van der Waals surface area contributed by atoms with Gasteiger partial charge in [0, 0.05) is 29.6 Å². The number of ether oxygens (including phenoxy) is 2. The Kier molecular flexibility index (Phi) is 8.41. The zero-order chi connectivity index (χ0) is 22.1. The molecule has 0 saturated heterocycles. The molecule has 1 heterocycles. The van der Waals surface area contributed by atoms with Crippen LogP contribution in [-0.2, 0) is 22.6 Å². The summed E-state index contributed by atoms with van der Waals surface area (Å²) in [5, 5.41) is 3.44. The van der Waals surface area contributed by atoms with Gasteiger partial charge in [0.05, 0.1) is 31.9 Å². The van der Waals surface area contributed by atoms with Crippen molar-refractivity contribution in [3.63, 3.8) is 0 Å². The monoisotopic (exact) mass is 440 g/mol. The van der Waals surface area contributed by atoms with Gasteiger partial charge in [-0.15, -0.1) is 0 Å². The van der Waals surface area contributed by atoms with Crippen LogP contribution in [0.4, 0.5) is 5.69 Å². The molecule has 0 fully saturated rings. The largest absolute Gasteiger partial charge is 0.379 e. The van der Waals surface area contributed by atoms with E-state index in [4.69, 9.17) is 21.1 Å². The van der Waals surface area contributed by atoms with E-state index in [1.54, 1.807) is 18.3 Å². The van der Waals surface area contributed by atoms with Gasteiger partial charge in [0.25, 0.3) is 11.5 Å². The Hall–Kier alpha value is -2.93. The number of aromatic nitrogens is 1. The number of anilines is 1. The van der Waals surface area contributed by atoms with Crippen molar-refractivity contribution in [2.75, 3.05) is 25.1 Å². The molecule has 0 aliphatic heterocycles. The molecule has 0 saturated carbocycles. The van der Waals surface area contributed by atoms with Crippen molar-refractivity contribution >= 4 is 23.2 Å². The number of pyridine rings is 1. The summed E-state index contributed by atoms with van der Waals surface area (Å²) >= 11 is 6.20. The predicted molar refractivity (Wildman–Crippen MR) is 122 cm³/mol. The number of nitrogens with one attached hydrogen (secondary N) is 1. The van der Waals surface area contributed by atoms with Crippen LogP contribution >= 0.6 is 11.6 Å². The maximum absolute atomic E-state index is 12.7. The van der Waals surface area contributed by atoms with Crippen molar-refractivity contribution in [2.24, 2.45) is 0 Å². The smallest absolute Gasteiger partial charge is 0.257 e. The molecule has 0 atom stereocenters. The van der Waals surface area contributed by atoms with Gasteiger partial charge < -0.3 is 19.4 Å². The van der Waals surface area contributed by atoms with Crippen molar-refractivity contribution in [3.8, 4) is 0 Å². The molecule has 3 aromatic rings. The number of hydrogen-bond acceptors (Lipinski definition) is 4. The zero-order valence-corrected chi connectivity index (χ0v) is 18.1. The van der Waals surface area contributed by atoms with Gasteiger partial charge in [0.15, 0.2) is 0 Å². The van der Waals surface area contributed by atoms with E-state index in [0.29, 0.717) is 42.7 Å². The Balaban J connectivity index is 1.66. The third kappa shape index (κ3) is 6.79. The number of halogens is 1. The minimum absolute atomic E-state index is 0.206. The first kappa shape index (κ1) is 22.7. The lowest BCUT2D eigenvalue weighted by atomic mass is 10.2. The molecule has 1 amide bonds. The van der Waals surface area contributed by atoms with Gasteiger partial charge in [-0.2, -0.15) is 0 Å². The predicted octanol–water partition coefficient (Wildman–Crippen LogP) is 4.36. The summed E-state index contributed by atoms with van der Waals surface area (Å²) in [7, 11) is 0. The third-order valence-corrected chi connectivity index (χ3v) is 4.94. The second kappa shape index (κ2) is 11.5. The molecule has 162 valence electrons. The number of rotatable bonds is 10. The van der Waals surface area contributed by atoms with E-state index >= 15 is 0 Å². The lowest BCUT2D eigenvalue weighted by molar-refractivity contribution is 0.0453. The molecule has 0 bridgehead atoms. The summed E-state index contributed by atoms with van der Waals surface area (Å²) in [4.78, 5) is 25.0. The van der Waals surface area contributed by atoms with E-state index in [0.717, 1.165) is 11.1 Å². The highest BCUT2D eigenvalue weighted by molar-refractivity contribution is 6.31. The molecule has 7 heteroatoms. The highest BCUT2D eigenvalue weighted by Gasteiger charge is 2.10. The van der Waals surface area contributed by atoms with E-state index in [-0.39, 0.29) is 18.0 Å². The molecule has 31 heavy (non-hydrogen) atoms. The van der Waals surface area contributed by atoms with Crippen molar-refractivity contribution in [1.29, 1.82) is 0 Å². The molecule has 0 unspecified atom stereocenters. The van der Waals surface area contributed by atoms with Crippen LogP contribution in [0.5, 0.6) is 0 Å². The van der Waals surface area contributed by atoms with Crippen LogP contribution in [0, 0.1) is 0 Å². The van der Waals surface area contributed by atoms with E-state index in [1.807, 2.05) is 43.3 Å². The van der Waals surface area contributed by atoms with Crippen molar-refractivity contribution in [2.45, 2.75) is 20.1 Å². The highest BCUT2D eigenvalue weighted by Crippen LogP contribution is 2.16. The van der Waals surface area contributed by atoms with E-state index in [2.05, 4.69) is 5.32 Å². The summed E-state index contributed by atoms with van der Waals surface area (Å²) in [5.41, 5.74) is 2.58. The van der Waals surface area contributed by atoms with Crippen LogP contribution in [0.25, 0.3) is 0 Å². The molecule has 0 spiro atoms.